The summed E-state index contributed by atoms with van der Waals surface area (Å²) in [5.74, 6) is -1.76. The van der Waals surface area contributed by atoms with E-state index in [0.717, 1.165) is 4.57 Å². The SMILES string of the molecule is O=C(Cn1c(=O)c(C(=O)O)c(Cl)c2cnccc21)c1ccccc1. The Balaban J connectivity index is 2.22. The van der Waals surface area contributed by atoms with Gasteiger partial charge in [0.25, 0.3) is 5.56 Å². The van der Waals surface area contributed by atoms with Crippen molar-refractivity contribution in [2.75, 3.05) is 0 Å². The summed E-state index contributed by atoms with van der Waals surface area (Å²) < 4.78 is 1.11. The van der Waals surface area contributed by atoms with Crippen LogP contribution in [0.25, 0.3) is 10.9 Å². The van der Waals surface area contributed by atoms with E-state index in [2.05, 4.69) is 4.98 Å². The number of aromatic nitrogens is 2. The molecule has 1 aromatic carbocycles. The van der Waals surface area contributed by atoms with Gasteiger partial charge < -0.3 is 5.11 Å². The number of hydrogen-bond donors (Lipinski definition) is 1. The Hall–Kier alpha value is -2.99. The Labute approximate surface area is 140 Å². The molecule has 0 aliphatic carbocycles. The molecule has 24 heavy (non-hydrogen) atoms. The molecule has 0 amide bonds. The number of pyridine rings is 2. The van der Waals surface area contributed by atoms with Crippen LogP contribution < -0.4 is 5.56 Å². The fourth-order valence-electron chi connectivity index (χ4n) is 2.47. The molecule has 120 valence electrons. The van der Waals surface area contributed by atoms with Gasteiger partial charge in [-0.2, -0.15) is 0 Å². The Morgan fingerprint density at radius 3 is 2.54 bits per heavy atom. The molecule has 0 radical (unpaired) electrons. The third kappa shape index (κ3) is 2.68. The van der Waals surface area contributed by atoms with Gasteiger partial charge in [-0.15, -0.1) is 0 Å². The van der Waals surface area contributed by atoms with Gasteiger partial charge in [-0.3, -0.25) is 19.1 Å². The first-order chi connectivity index (χ1) is 11.5. The zero-order valence-electron chi connectivity index (χ0n) is 12.3. The molecule has 7 heteroatoms. The van der Waals surface area contributed by atoms with Crippen LogP contribution in [0.5, 0.6) is 0 Å². The van der Waals surface area contributed by atoms with Gasteiger partial charge in [-0.1, -0.05) is 41.9 Å². The summed E-state index contributed by atoms with van der Waals surface area (Å²) in [7, 11) is 0. The third-order valence-corrected chi connectivity index (χ3v) is 4.01. The summed E-state index contributed by atoms with van der Waals surface area (Å²) >= 11 is 6.05. The van der Waals surface area contributed by atoms with Gasteiger partial charge in [0.1, 0.15) is 5.56 Å². The molecule has 2 aromatic heterocycles. The van der Waals surface area contributed by atoms with Crippen LogP contribution in [0.3, 0.4) is 0 Å². The Morgan fingerprint density at radius 1 is 1.17 bits per heavy atom. The van der Waals surface area contributed by atoms with Gasteiger partial charge in [0.2, 0.25) is 0 Å². The van der Waals surface area contributed by atoms with Crippen molar-refractivity contribution in [1.29, 1.82) is 0 Å². The lowest BCUT2D eigenvalue weighted by Crippen LogP contribution is -2.30. The van der Waals surface area contributed by atoms with Crippen LogP contribution in [0.4, 0.5) is 0 Å². The molecule has 0 saturated carbocycles. The van der Waals surface area contributed by atoms with Crippen molar-refractivity contribution in [3.05, 3.63) is 75.3 Å². The van der Waals surface area contributed by atoms with Crippen LogP contribution in [0, 0.1) is 0 Å². The standard InChI is InChI=1S/C17H11ClN2O4/c18-15-11-8-19-7-6-12(11)20(16(22)14(15)17(23)24)9-13(21)10-4-2-1-3-5-10/h1-8H,9H2,(H,23,24). The summed E-state index contributed by atoms with van der Waals surface area (Å²) in [6.07, 6.45) is 2.81. The fraction of sp³-hybridized carbons (Fsp3) is 0.0588. The van der Waals surface area contributed by atoms with Crippen molar-refractivity contribution in [3.63, 3.8) is 0 Å². The number of halogens is 1. The van der Waals surface area contributed by atoms with E-state index in [1.165, 1.54) is 18.5 Å². The van der Waals surface area contributed by atoms with Crippen molar-refractivity contribution < 1.29 is 14.7 Å². The second kappa shape index (κ2) is 6.25. The molecule has 0 saturated heterocycles. The van der Waals surface area contributed by atoms with E-state index >= 15 is 0 Å². The summed E-state index contributed by atoms with van der Waals surface area (Å²) in [5, 5.41) is 9.40. The predicted octanol–water partition coefficient (Wildman–Crippen LogP) is 2.63. The fourth-order valence-corrected chi connectivity index (χ4v) is 2.77. The van der Waals surface area contributed by atoms with Crippen LogP contribution >= 0.6 is 11.6 Å². The molecule has 3 rings (SSSR count). The first kappa shape index (κ1) is 15.9. The minimum Gasteiger partial charge on any atom is -0.477 e. The molecule has 0 aliphatic heterocycles. The highest BCUT2D eigenvalue weighted by Crippen LogP contribution is 2.24. The van der Waals surface area contributed by atoms with Crippen molar-refractivity contribution in [3.8, 4) is 0 Å². The highest BCUT2D eigenvalue weighted by molar-refractivity contribution is 6.38. The number of carboxylic acids is 1. The molecular formula is C17H11ClN2O4. The number of carbonyl (C=O) groups excluding carboxylic acids is 1. The number of fused-ring (bicyclic) bond motifs is 1. The molecule has 0 fully saturated rings. The second-order valence-electron chi connectivity index (χ2n) is 5.07. The number of ketones is 1. The van der Waals surface area contributed by atoms with E-state index in [1.54, 1.807) is 30.3 Å². The minimum atomic E-state index is -1.45. The predicted molar refractivity (Wildman–Crippen MR) is 88.7 cm³/mol. The lowest BCUT2D eigenvalue weighted by atomic mass is 10.1. The van der Waals surface area contributed by atoms with Crippen LogP contribution in [0.2, 0.25) is 5.02 Å². The quantitative estimate of drug-likeness (QED) is 0.736. The second-order valence-corrected chi connectivity index (χ2v) is 5.45. The number of Topliss-reactive ketones (excluding diaryl/α,β-unsaturated/α-hetero) is 1. The number of nitrogens with zero attached hydrogens (tertiary/aromatic N) is 2. The smallest absolute Gasteiger partial charge is 0.342 e. The molecule has 0 spiro atoms. The van der Waals surface area contributed by atoms with Gasteiger partial charge in [0.05, 0.1) is 17.1 Å². The van der Waals surface area contributed by atoms with Gasteiger partial charge >= 0.3 is 5.97 Å². The van der Waals surface area contributed by atoms with E-state index < -0.39 is 17.1 Å². The maximum absolute atomic E-state index is 12.5. The van der Waals surface area contributed by atoms with Gasteiger partial charge in [-0.05, 0) is 6.07 Å². The zero-order valence-corrected chi connectivity index (χ0v) is 13.0. The maximum Gasteiger partial charge on any atom is 0.342 e. The molecule has 2 heterocycles. The molecular weight excluding hydrogens is 332 g/mol. The first-order valence-corrected chi connectivity index (χ1v) is 7.36. The summed E-state index contributed by atoms with van der Waals surface area (Å²) in [6, 6.07) is 9.97. The van der Waals surface area contributed by atoms with Crippen LogP contribution in [0.1, 0.15) is 20.7 Å². The number of benzene rings is 1. The highest BCUT2D eigenvalue weighted by atomic mass is 35.5. The van der Waals surface area contributed by atoms with E-state index in [9.17, 15) is 19.5 Å². The first-order valence-electron chi connectivity index (χ1n) is 6.98. The van der Waals surface area contributed by atoms with Crippen molar-refractivity contribution >= 4 is 34.3 Å². The van der Waals surface area contributed by atoms with Gasteiger partial charge in [0.15, 0.2) is 5.78 Å². The molecule has 0 bridgehead atoms. The highest BCUT2D eigenvalue weighted by Gasteiger charge is 2.22. The van der Waals surface area contributed by atoms with Crippen molar-refractivity contribution in [2.45, 2.75) is 6.54 Å². The van der Waals surface area contributed by atoms with Crippen LogP contribution in [0.15, 0.2) is 53.6 Å². The van der Waals surface area contributed by atoms with E-state index in [0.29, 0.717) is 16.5 Å². The van der Waals surface area contributed by atoms with Gasteiger partial charge in [0, 0.05) is 23.3 Å². The average molecular weight is 343 g/mol. The zero-order chi connectivity index (χ0) is 17.3. The third-order valence-electron chi connectivity index (χ3n) is 3.62. The monoisotopic (exact) mass is 342 g/mol. The lowest BCUT2D eigenvalue weighted by molar-refractivity contribution is 0.0693. The molecule has 0 atom stereocenters. The molecule has 6 nitrogen and oxygen atoms in total. The molecule has 0 unspecified atom stereocenters. The summed E-state index contributed by atoms with van der Waals surface area (Å²) in [4.78, 5) is 40.3. The Bertz CT molecular complexity index is 1010. The Morgan fingerprint density at radius 2 is 1.88 bits per heavy atom. The van der Waals surface area contributed by atoms with Crippen LogP contribution in [-0.2, 0) is 6.54 Å². The number of carbonyl (C=O) groups is 2. The number of rotatable bonds is 4. The van der Waals surface area contributed by atoms with Crippen molar-refractivity contribution in [1.82, 2.24) is 9.55 Å². The number of hydrogen-bond acceptors (Lipinski definition) is 4. The normalized spacial score (nSPS) is 10.7. The molecule has 1 N–H and O–H groups in total. The topological polar surface area (TPSA) is 89.3 Å². The molecule has 3 aromatic rings. The van der Waals surface area contributed by atoms with E-state index in [4.69, 9.17) is 11.6 Å². The largest absolute Gasteiger partial charge is 0.477 e. The van der Waals surface area contributed by atoms with Crippen LogP contribution in [-0.4, -0.2) is 26.4 Å². The summed E-state index contributed by atoms with van der Waals surface area (Å²) in [6.45, 7) is -0.291. The number of aromatic carboxylic acids is 1. The minimum absolute atomic E-state index is 0.181. The van der Waals surface area contributed by atoms with E-state index in [1.807, 2.05) is 0 Å². The summed E-state index contributed by atoms with van der Waals surface area (Å²) in [5.41, 5.74) is -0.610. The lowest BCUT2D eigenvalue weighted by Gasteiger charge is -2.12. The van der Waals surface area contributed by atoms with E-state index in [-0.39, 0.29) is 17.4 Å². The van der Waals surface area contributed by atoms with Gasteiger partial charge in [-0.25, -0.2) is 4.79 Å². The maximum atomic E-state index is 12.5. The Kier molecular flexibility index (Phi) is 4.14. The average Bonchev–Trinajstić information content (AvgIpc) is 2.59. The van der Waals surface area contributed by atoms with Crippen molar-refractivity contribution in [2.24, 2.45) is 0 Å². The molecule has 0 aliphatic rings. The number of carboxylic acid groups (broad SMARTS) is 1.